The first-order valence-electron chi connectivity index (χ1n) is 8.04. The van der Waals surface area contributed by atoms with Crippen molar-refractivity contribution < 1.29 is 22.7 Å². The van der Waals surface area contributed by atoms with Crippen molar-refractivity contribution in [2.24, 2.45) is 5.92 Å². The third-order valence-corrected chi connectivity index (χ3v) is 4.50. The van der Waals surface area contributed by atoms with E-state index in [2.05, 4.69) is 5.10 Å². The number of hydrogen-bond donors (Lipinski definition) is 0. The zero-order chi connectivity index (χ0) is 17.6. The van der Waals surface area contributed by atoms with Gasteiger partial charge in [0.2, 0.25) is 0 Å². The van der Waals surface area contributed by atoms with Crippen LogP contribution in [0, 0.1) is 11.7 Å². The molecule has 8 heteroatoms. The largest absolute Gasteiger partial charge is 0.487 e. The van der Waals surface area contributed by atoms with E-state index in [0.717, 1.165) is 0 Å². The molecule has 1 aromatic carbocycles. The molecule has 4 rings (SSSR count). The fraction of sp³-hybridized carbons (Fsp3) is 0.412. The number of nitrogens with zero attached hydrogens (tertiary/aromatic N) is 3. The van der Waals surface area contributed by atoms with Crippen LogP contribution in [0.1, 0.15) is 22.6 Å². The zero-order valence-corrected chi connectivity index (χ0v) is 13.3. The normalized spacial score (nSPS) is 21.2. The lowest BCUT2D eigenvalue weighted by atomic mass is 10.2. The summed E-state index contributed by atoms with van der Waals surface area (Å²) in [5.41, 5.74) is 0.902. The summed E-state index contributed by atoms with van der Waals surface area (Å²) in [6.45, 7) is 0.993. The summed E-state index contributed by atoms with van der Waals surface area (Å²) in [4.78, 5) is 13.9. The number of amides is 1. The number of hydrogen-bond acceptors (Lipinski definition) is 3. The molecule has 5 nitrogen and oxygen atoms in total. The Morgan fingerprint density at radius 2 is 2.08 bits per heavy atom. The number of carbonyl (C=O) groups is 1. The first kappa shape index (κ1) is 16.0. The highest BCUT2D eigenvalue weighted by Crippen LogP contribution is 2.49. The van der Waals surface area contributed by atoms with E-state index in [9.17, 15) is 18.0 Å². The van der Waals surface area contributed by atoms with E-state index in [1.807, 2.05) is 0 Å². The van der Waals surface area contributed by atoms with Crippen molar-refractivity contribution in [3.63, 3.8) is 0 Å². The number of rotatable bonds is 5. The Balaban J connectivity index is 1.42. The highest BCUT2D eigenvalue weighted by molar-refractivity contribution is 5.93. The van der Waals surface area contributed by atoms with Gasteiger partial charge in [-0.3, -0.25) is 9.48 Å². The maximum absolute atomic E-state index is 13.1. The van der Waals surface area contributed by atoms with Gasteiger partial charge in [-0.15, -0.1) is 0 Å². The molecule has 0 saturated heterocycles. The summed E-state index contributed by atoms with van der Waals surface area (Å²) in [7, 11) is 0. The third kappa shape index (κ3) is 3.20. The minimum atomic E-state index is -2.64. The molecule has 2 heterocycles. The minimum Gasteiger partial charge on any atom is -0.487 e. The van der Waals surface area contributed by atoms with Crippen molar-refractivity contribution >= 4 is 5.91 Å². The van der Waals surface area contributed by atoms with Crippen LogP contribution in [0.25, 0.3) is 0 Å². The molecule has 1 saturated carbocycles. The average Bonchev–Trinajstić information content (AvgIpc) is 2.98. The molecule has 1 aromatic heterocycles. The van der Waals surface area contributed by atoms with E-state index < -0.39 is 17.7 Å². The molecule has 0 unspecified atom stereocenters. The fourth-order valence-electron chi connectivity index (χ4n) is 2.98. The maximum Gasteiger partial charge on any atom is 0.272 e. The Bertz CT molecular complexity index is 821. The molecule has 25 heavy (non-hydrogen) atoms. The van der Waals surface area contributed by atoms with E-state index >= 15 is 0 Å². The SMILES string of the molecule is O=C1c2cc(COc3cccc(F)c3)nn2CCN1C[C@@H]1CC1(F)F. The molecule has 0 bridgehead atoms. The van der Waals surface area contributed by atoms with E-state index in [1.165, 1.54) is 23.1 Å². The predicted octanol–water partition coefficient (Wildman–Crippen LogP) is 2.71. The highest BCUT2D eigenvalue weighted by atomic mass is 19.3. The third-order valence-electron chi connectivity index (χ3n) is 4.50. The first-order chi connectivity index (χ1) is 11.9. The topological polar surface area (TPSA) is 47.4 Å². The molecule has 0 radical (unpaired) electrons. The van der Waals surface area contributed by atoms with E-state index in [1.54, 1.807) is 16.8 Å². The van der Waals surface area contributed by atoms with Crippen LogP contribution in [0.2, 0.25) is 0 Å². The molecular formula is C17H16F3N3O2. The number of aromatic nitrogens is 2. The molecule has 1 aliphatic carbocycles. The second-order valence-corrected chi connectivity index (χ2v) is 6.40. The quantitative estimate of drug-likeness (QED) is 0.832. The molecule has 0 spiro atoms. The number of fused-ring (bicyclic) bond motifs is 1. The van der Waals surface area contributed by atoms with Crippen LogP contribution >= 0.6 is 0 Å². The second kappa shape index (κ2) is 5.79. The highest BCUT2D eigenvalue weighted by Gasteiger charge is 2.57. The molecule has 2 aromatic rings. The Labute approximate surface area is 142 Å². The Morgan fingerprint density at radius 3 is 2.80 bits per heavy atom. The van der Waals surface area contributed by atoms with Crippen molar-refractivity contribution in [2.75, 3.05) is 13.1 Å². The van der Waals surface area contributed by atoms with Gasteiger partial charge in [0.1, 0.15) is 29.6 Å². The number of alkyl halides is 2. The fourth-order valence-corrected chi connectivity index (χ4v) is 2.98. The first-order valence-corrected chi connectivity index (χ1v) is 8.04. The monoisotopic (exact) mass is 351 g/mol. The van der Waals surface area contributed by atoms with Gasteiger partial charge >= 0.3 is 0 Å². The van der Waals surface area contributed by atoms with Gasteiger partial charge in [0.25, 0.3) is 11.8 Å². The van der Waals surface area contributed by atoms with Crippen LogP contribution in [-0.4, -0.2) is 39.6 Å². The van der Waals surface area contributed by atoms with Crippen LogP contribution in [0.15, 0.2) is 30.3 Å². The standard InChI is InChI=1S/C17H16F3N3O2/c18-12-2-1-3-14(6-12)25-10-13-7-15-16(24)22(4-5-23(15)21-13)9-11-8-17(11,19)20/h1-3,6-7,11H,4-5,8-10H2/t11-/m0/s1. The van der Waals surface area contributed by atoms with Gasteiger partial charge in [-0.05, 0) is 18.2 Å². The van der Waals surface area contributed by atoms with Crippen molar-refractivity contribution in [3.05, 3.63) is 47.5 Å². The number of carbonyl (C=O) groups excluding carboxylic acids is 1. The van der Waals surface area contributed by atoms with Crippen LogP contribution < -0.4 is 4.74 Å². The van der Waals surface area contributed by atoms with Crippen molar-refractivity contribution in [3.8, 4) is 5.75 Å². The summed E-state index contributed by atoms with van der Waals surface area (Å²) in [6, 6.07) is 7.34. The van der Waals surface area contributed by atoms with Crippen LogP contribution in [0.3, 0.4) is 0 Å². The van der Waals surface area contributed by atoms with Gasteiger partial charge in [0.05, 0.1) is 6.54 Å². The number of benzene rings is 1. The summed E-state index contributed by atoms with van der Waals surface area (Å²) in [5, 5.41) is 4.30. The van der Waals surface area contributed by atoms with Crippen LogP contribution in [0.5, 0.6) is 5.75 Å². The second-order valence-electron chi connectivity index (χ2n) is 6.40. The van der Waals surface area contributed by atoms with Gasteiger partial charge in [-0.2, -0.15) is 5.10 Å². The summed E-state index contributed by atoms with van der Waals surface area (Å²) < 4.78 is 46.3. The molecule has 1 aliphatic heterocycles. The number of halogens is 3. The van der Waals surface area contributed by atoms with Crippen molar-refractivity contribution in [2.45, 2.75) is 25.5 Å². The van der Waals surface area contributed by atoms with Crippen molar-refractivity contribution in [1.29, 1.82) is 0 Å². The molecule has 2 aliphatic rings. The summed E-state index contributed by atoms with van der Waals surface area (Å²) in [5.74, 6) is -3.69. The lowest BCUT2D eigenvalue weighted by Gasteiger charge is -2.27. The number of ether oxygens (including phenoxy) is 1. The Hall–Kier alpha value is -2.51. The van der Waals surface area contributed by atoms with Crippen LogP contribution in [-0.2, 0) is 13.2 Å². The van der Waals surface area contributed by atoms with Gasteiger partial charge in [0, 0.05) is 31.5 Å². The van der Waals surface area contributed by atoms with E-state index in [0.29, 0.717) is 30.2 Å². The lowest BCUT2D eigenvalue weighted by molar-refractivity contribution is 0.0602. The summed E-state index contributed by atoms with van der Waals surface area (Å²) >= 11 is 0. The average molecular weight is 351 g/mol. The molecular weight excluding hydrogens is 335 g/mol. The van der Waals surface area contributed by atoms with E-state index in [4.69, 9.17) is 4.74 Å². The Morgan fingerprint density at radius 1 is 1.28 bits per heavy atom. The van der Waals surface area contributed by atoms with Gasteiger partial charge < -0.3 is 9.64 Å². The molecule has 1 atom stereocenters. The predicted molar refractivity (Wildman–Crippen MR) is 81.9 cm³/mol. The van der Waals surface area contributed by atoms with Gasteiger partial charge in [0.15, 0.2) is 0 Å². The summed E-state index contributed by atoms with van der Waals surface area (Å²) in [6.07, 6.45) is -0.150. The smallest absolute Gasteiger partial charge is 0.272 e. The molecule has 1 fully saturated rings. The molecule has 132 valence electrons. The van der Waals surface area contributed by atoms with E-state index in [-0.39, 0.29) is 25.5 Å². The molecule has 1 amide bonds. The molecule has 0 N–H and O–H groups in total. The van der Waals surface area contributed by atoms with Gasteiger partial charge in [-0.25, -0.2) is 13.2 Å². The lowest BCUT2D eigenvalue weighted by Crippen LogP contribution is -2.41. The zero-order valence-electron chi connectivity index (χ0n) is 13.3. The van der Waals surface area contributed by atoms with Crippen molar-refractivity contribution in [1.82, 2.24) is 14.7 Å². The maximum atomic E-state index is 13.1. The minimum absolute atomic E-state index is 0.0755. The van der Waals surface area contributed by atoms with Crippen LogP contribution in [0.4, 0.5) is 13.2 Å². The van der Waals surface area contributed by atoms with Gasteiger partial charge in [-0.1, -0.05) is 6.07 Å². The Kier molecular flexibility index (Phi) is 3.70.